The third kappa shape index (κ3) is 3.02. The normalized spacial score (nSPS) is 17.6. The fourth-order valence-electron chi connectivity index (χ4n) is 2.65. The standard InChI is InChI=1S/C14H21FN2O2S/c1-3-17(12-6-8-16-9-7-12)20(18,19)14-10-11(2)4-5-13(14)15/h4-5,10,12,16H,3,6-9H2,1-2H3. The van der Waals surface area contributed by atoms with Gasteiger partial charge in [-0.05, 0) is 50.6 Å². The Morgan fingerprint density at radius 2 is 2.00 bits per heavy atom. The van der Waals surface area contributed by atoms with Crippen LogP contribution in [0.25, 0.3) is 0 Å². The maximum Gasteiger partial charge on any atom is 0.246 e. The Hall–Kier alpha value is -0.980. The van der Waals surface area contributed by atoms with E-state index in [1.165, 1.54) is 16.4 Å². The number of hydrogen-bond donors (Lipinski definition) is 1. The molecule has 1 aliphatic rings. The van der Waals surface area contributed by atoms with E-state index in [4.69, 9.17) is 0 Å². The molecule has 2 rings (SSSR count). The van der Waals surface area contributed by atoms with Crippen molar-refractivity contribution in [3.8, 4) is 0 Å². The predicted octanol–water partition coefficient (Wildman–Crippen LogP) is 1.90. The van der Waals surface area contributed by atoms with E-state index in [1.54, 1.807) is 19.9 Å². The summed E-state index contributed by atoms with van der Waals surface area (Å²) in [5.41, 5.74) is 0.742. The maximum absolute atomic E-state index is 13.9. The summed E-state index contributed by atoms with van der Waals surface area (Å²) in [5.74, 6) is -0.678. The highest BCUT2D eigenvalue weighted by atomic mass is 32.2. The molecule has 1 fully saturated rings. The molecule has 0 radical (unpaired) electrons. The van der Waals surface area contributed by atoms with Gasteiger partial charge in [0.2, 0.25) is 10.0 Å². The predicted molar refractivity (Wildman–Crippen MR) is 76.6 cm³/mol. The number of hydrogen-bond acceptors (Lipinski definition) is 3. The van der Waals surface area contributed by atoms with Gasteiger partial charge in [0, 0.05) is 12.6 Å². The summed E-state index contributed by atoms with van der Waals surface area (Å²) in [7, 11) is -3.77. The Kier molecular flexibility index (Phi) is 4.78. The first kappa shape index (κ1) is 15.4. The van der Waals surface area contributed by atoms with Gasteiger partial charge in [-0.15, -0.1) is 0 Å². The second-order valence-electron chi connectivity index (χ2n) is 5.12. The molecule has 1 heterocycles. The van der Waals surface area contributed by atoms with E-state index in [1.807, 2.05) is 0 Å². The zero-order chi connectivity index (χ0) is 14.8. The quantitative estimate of drug-likeness (QED) is 0.924. The SMILES string of the molecule is CCN(C1CCNCC1)S(=O)(=O)c1cc(C)ccc1F. The van der Waals surface area contributed by atoms with Gasteiger partial charge in [0.05, 0.1) is 0 Å². The van der Waals surface area contributed by atoms with Gasteiger partial charge in [0.1, 0.15) is 10.7 Å². The summed E-state index contributed by atoms with van der Waals surface area (Å²) < 4.78 is 40.7. The Morgan fingerprint density at radius 3 is 2.60 bits per heavy atom. The third-order valence-corrected chi connectivity index (χ3v) is 5.74. The van der Waals surface area contributed by atoms with E-state index in [0.29, 0.717) is 6.54 Å². The first-order valence-corrected chi connectivity index (χ1v) is 8.39. The van der Waals surface area contributed by atoms with Crippen molar-refractivity contribution in [1.29, 1.82) is 0 Å². The highest BCUT2D eigenvalue weighted by Crippen LogP contribution is 2.25. The number of nitrogens with one attached hydrogen (secondary N) is 1. The first-order valence-electron chi connectivity index (χ1n) is 6.95. The molecule has 20 heavy (non-hydrogen) atoms. The lowest BCUT2D eigenvalue weighted by molar-refractivity contribution is 0.270. The Balaban J connectivity index is 2.38. The molecule has 0 aliphatic carbocycles. The molecule has 1 aliphatic heterocycles. The van der Waals surface area contributed by atoms with E-state index in [9.17, 15) is 12.8 Å². The molecule has 1 N–H and O–H groups in total. The molecule has 4 nitrogen and oxygen atoms in total. The number of halogens is 1. The van der Waals surface area contributed by atoms with E-state index < -0.39 is 15.8 Å². The zero-order valence-electron chi connectivity index (χ0n) is 11.9. The number of benzene rings is 1. The molecule has 0 aromatic heterocycles. The Labute approximate surface area is 120 Å². The molecule has 112 valence electrons. The number of piperidine rings is 1. The summed E-state index contributed by atoms with van der Waals surface area (Å²) in [6, 6.07) is 4.16. The van der Waals surface area contributed by atoms with Gasteiger partial charge in [-0.25, -0.2) is 12.8 Å². The minimum absolute atomic E-state index is 0.0498. The van der Waals surface area contributed by atoms with Crippen LogP contribution >= 0.6 is 0 Å². The minimum atomic E-state index is -3.77. The van der Waals surface area contributed by atoms with Crippen molar-refractivity contribution in [2.24, 2.45) is 0 Å². The van der Waals surface area contributed by atoms with Crippen LogP contribution in [0.5, 0.6) is 0 Å². The molecule has 0 spiro atoms. The molecule has 1 aromatic carbocycles. The lowest BCUT2D eigenvalue weighted by Gasteiger charge is -2.33. The van der Waals surface area contributed by atoms with Crippen molar-refractivity contribution >= 4 is 10.0 Å². The van der Waals surface area contributed by atoms with Crippen LogP contribution in [0.2, 0.25) is 0 Å². The average molecular weight is 300 g/mol. The summed E-state index contributed by atoms with van der Waals surface area (Å²) in [5, 5.41) is 3.21. The van der Waals surface area contributed by atoms with E-state index >= 15 is 0 Å². The van der Waals surface area contributed by atoms with Crippen LogP contribution in [-0.2, 0) is 10.0 Å². The fraction of sp³-hybridized carbons (Fsp3) is 0.571. The largest absolute Gasteiger partial charge is 0.317 e. The third-order valence-electron chi connectivity index (χ3n) is 3.70. The second-order valence-corrected chi connectivity index (χ2v) is 6.98. The van der Waals surface area contributed by atoms with Crippen molar-refractivity contribution in [2.45, 2.75) is 37.6 Å². The van der Waals surface area contributed by atoms with Crippen molar-refractivity contribution < 1.29 is 12.8 Å². The van der Waals surface area contributed by atoms with Crippen molar-refractivity contribution in [3.63, 3.8) is 0 Å². The monoisotopic (exact) mass is 300 g/mol. The number of sulfonamides is 1. The van der Waals surface area contributed by atoms with Crippen molar-refractivity contribution in [1.82, 2.24) is 9.62 Å². The van der Waals surface area contributed by atoms with Crippen LogP contribution in [0.3, 0.4) is 0 Å². The van der Waals surface area contributed by atoms with Gasteiger partial charge >= 0.3 is 0 Å². The molecule has 0 amide bonds. The molecular weight excluding hydrogens is 279 g/mol. The van der Waals surface area contributed by atoms with Gasteiger partial charge in [-0.3, -0.25) is 0 Å². The van der Waals surface area contributed by atoms with E-state index in [2.05, 4.69) is 5.32 Å². The summed E-state index contributed by atoms with van der Waals surface area (Å²) in [6.07, 6.45) is 1.53. The number of rotatable bonds is 4. The highest BCUT2D eigenvalue weighted by Gasteiger charge is 2.32. The topological polar surface area (TPSA) is 49.4 Å². The van der Waals surface area contributed by atoms with Gasteiger partial charge in [-0.1, -0.05) is 13.0 Å². The smallest absolute Gasteiger partial charge is 0.246 e. The molecular formula is C14H21FN2O2S. The molecule has 0 bridgehead atoms. The number of nitrogens with zero attached hydrogens (tertiary/aromatic N) is 1. The number of aryl methyl sites for hydroxylation is 1. The Morgan fingerprint density at radius 1 is 1.35 bits per heavy atom. The second kappa shape index (κ2) is 6.20. The lowest BCUT2D eigenvalue weighted by atomic mass is 10.1. The molecule has 0 atom stereocenters. The van der Waals surface area contributed by atoms with Crippen LogP contribution in [0.4, 0.5) is 4.39 Å². The van der Waals surface area contributed by atoms with Gasteiger partial charge in [0.15, 0.2) is 0 Å². The van der Waals surface area contributed by atoms with Gasteiger partial charge in [0.25, 0.3) is 0 Å². The molecule has 0 unspecified atom stereocenters. The van der Waals surface area contributed by atoms with Crippen LogP contribution in [-0.4, -0.2) is 38.4 Å². The van der Waals surface area contributed by atoms with Crippen LogP contribution in [0.1, 0.15) is 25.3 Å². The molecule has 1 aromatic rings. The van der Waals surface area contributed by atoms with Crippen molar-refractivity contribution in [2.75, 3.05) is 19.6 Å². The van der Waals surface area contributed by atoms with Crippen LogP contribution in [0.15, 0.2) is 23.1 Å². The van der Waals surface area contributed by atoms with Crippen LogP contribution < -0.4 is 5.32 Å². The Bertz CT molecular complexity index is 569. The lowest BCUT2D eigenvalue weighted by Crippen LogP contribution is -2.46. The van der Waals surface area contributed by atoms with Crippen molar-refractivity contribution in [3.05, 3.63) is 29.6 Å². The summed E-state index contributed by atoms with van der Waals surface area (Å²) in [6.45, 7) is 5.52. The molecule has 0 saturated carbocycles. The average Bonchev–Trinajstić information content (AvgIpc) is 2.43. The van der Waals surface area contributed by atoms with Crippen LogP contribution in [0, 0.1) is 12.7 Å². The van der Waals surface area contributed by atoms with Gasteiger partial charge in [-0.2, -0.15) is 4.31 Å². The van der Waals surface area contributed by atoms with E-state index in [0.717, 1.165) is 31.5 Å². The zero-order valence-corrected chi connectivity index (χ0v) is 12.7. The maximum atomic E-state index is 13.9. The first-order chi connectivity index (χ1) is 9.46. The summed E-state index contributed by atoms with van der Waals surface area (Å²) >= 11 is 0. The summed E-state index contributed by atoms with van der Waals surface area (Å²) in [4.78, 5) is -0.210. The molecule has 6 heteroatoms. The highest BCUT2D eigenvalue weighted by molar-refractivity contribution is 7.89. The molecule has 1 saturated heterocycles. The van der Waals surface area contributed by atoms with Gasteiger partial charge < -0.3 is 5.32 Å². The fourth-order valence-corrected chi connectivity index (χ4v) is 4.50. The van der Waals surface area contributed by atoms with E-state index in [-0.39, 0.29) is 10.9 Å². The minimum Gasteiger partial charge on any atom is -0.317 e.